The number of aromatic nitrogens is 1. The first-order valence-electron chi connectivity index (χ1n) is 10.7. The average Bonchev–Trinajstić information content (AvgIpc) is 3.11. The van der Waals surface area contributed by atoms with Crippen LogP contribution in [0.2, 0.25) is 0 Å². The Morgan fingerprint density at radius 2 is 1.75 bits per heavy atom. The smallest absolute Gasteiger partial charge is 0.341 e. The molecule has 162 valence electrons. The largest absolute Gasteiger partial charge is 0.477 e. The Labute approximate surface area is 185 Å². The van der Waals surface area contributed by atoms with Gasteiger partial charge >= 0.3 is 5.97 Å². The average molecular weight is 429 g/mol. The predicted octanol–water partition coefficient (Wildman–Crippen LogP) is 5.81. The summed E-state index contributed by atoms with van der Waals surface area (Å²) in [5.74, 6) is -1.47. The molecule has 1 aliphatic heterocycles. The maximum Gasteiger partial charge on any atom is 0.341 e. The number of fused-ring (bicyclic) bond motifs is 4. The number of rotatable bonds is 2. The first kappa shape index (κ1) is 20.4. The number of hydrogen-bond acceptors (Lipinski definition) is 2. The molecular formula is C27H24FNO3. The number of carboxylic acid groups (broad SMARTS) is 1. The summed E-state index contributed by atoms with van der Waals surface area (Å²) in [5.41, 5.74) is 6.61. The van der Waals surface area contributed by atoms with E-state index in [0.717, 1.165) is 34.4 Å². The minimum absolute atomic E-state index is 0.00961. The van der Waals surface area contributed by atoms with Crippen molar-refractivity contribution < 1.29 is 14.3 Å². The normalized spacial score (nSPS) is 17.1. The van der Waals surface area contributed by atoms with Gasteiger partial charge in [0.15, 0.2) is 5.43 Å². The first-order chi connectivity index (χ1) is 15.1. The number of hydrogen-bond donors (Lipinski definition) is 1. The Bertz CT molecular complexity index is 1360. The molecule has 1 atom stereocenters. The lowest BCUT2D eigenvalue weighted by atomic mass is 9.78. The van der Waals surface area contributed by atoms with Gasteiger partial charge in [0.05, 0.1) is 0 Å². The number of pyridine rings is 1. The van der Waals surface area contributed by atoms with Crippen molar-refractivity contribution >= 4 is 17.1 Å². The third kappa shape index (κ3) is 3.11. The van der Waals surface area contributed by atoms with E-state index >= 15 is 0 Å². The molecule has 0 radical (unpaired) electrons. The van der Waals surface area contributed by atoms with E-state index in [1.165, 1.54) is 35.5 Å². The van der Waals surface area contributed by atoms with Crippen molar-refractivity contribution in [3.8, 4) is 11.1 Å². The quantitative estimate of drug-likeness (QED) is 0.559. The summed E-state index contributed by atoms with van der Waals surface area (Å²) in [7, 11) is 0. The third-order valence-corrected chi connectivity index (χ3v) is 6.73. The molecule has 0 spiro atoms. The molecule has 0 saturated carbocycles. The predicted molar refractivity (Wildman–Crippen MR) is 123 cm³/mol. The number of aromatic carboxylic acids is 1. The second kappa shape index (κ2) is 7.02. The molecular weight excluding hydrogens is 405 g/mol. The molecule has 2 aromatic carbocycles. The van der Waals surface area contributed by atoms with Gasteiger partial charge < -0.3 is 9.67 Å². The molecule has 4 nitrogen and oxygen atoms in total. The number of nitrogens with zero attached hydrogens (tertiary/aromatic N) is 1. The first-order valence-corrected chi connectivity index (χ1v) is 10.7. The monoisotopic (exact) mass is 429 g/mol. The van der Waals surface area contributed by atoms with Gasteiger partial charge in [-0.1, -0.05) is 51.1 Å². The molecule has 3 aromatic rings. The maximum absolute atomic E-state index is 13.5. The Balaban J connectivity index is 1.71. The van der Waals surface area contributed by atoms with Crippen LogP contribution in [-0.2, 0) is 6.42 Å². The van der Waals surface area contributed by atoms with E-state index in [-0.39, 0.29) is 22.8 Å². The molecule has 0 bridgehead atoms. The molecule has 1 aliphatic carbocycles. The van der Waals surface area contributed by atoms with Crippen molar-refractivity contribution in [1.82, 2.24) is 4.57 Å². The van der Waals surface area contributed by atoms with Gasteiger partial charge in [-0.3, -0.25) is 4.79 Å². The van der Waals surface area contributed by atoms with Crippen molar-refractivity contribution in [3.63, 3.8) is 0 Å². The van der Waals surface area contributed by atoms with Crippen LogP contribution in [0, 0.1) is 11.2 Å². The van der Waals surface area contributed by atoms with Gasteiger partial charge in [0.1, 0.15) is 11.4 Å². The standard InChI is InChI=1S/C27H24FNO3/c1-27(2,3)25-12-20-18-6-4-5-17(15-7-9-16(28)10-8-15)19(18)11-21(20)23-13-24(30)22(26(31)32)14-29(23)25/h4-10,13-14,25H,11-12H2,1-3H3,(H,31,32)/t25-/m0/s1. The van der Waals surface area contributed by atoms with Crippen LogP contribution in [0.4, 0.5) is 4.39 Å². The van der Waals surface area contributed by atoms with E-state index < -0.39 is 11.4 Å². The highest BCUT2D eigenvalue weighted by atomic mass is 19.1. The highest BCUT2D eigenvalue weighted by molar-refractivity contribution is 6.00. The molecule has 2 heterocycles. The lowest BCUT2D eigenvalue weighted by Gasteiger charge is -2.39. The summed E-state index contributed by atoms with van der Waals surface area (Å²) in [5, 5.41) is 9.52. The molecule has 0 saturated heterocycles. The van der Waals surface area contributed by atoms with Gasteiger partial charge in [0.25, 0.3) is 0 Å². The minimum Gasteiger partial charge on any atom is -0.477 e. The highest BCUT2D eigenvalue weighted by Gasteiger charge is 2.38. The Hall–Kier alpha value is -3.47. The minimum atomic E-state index is -1.20. The number of benzene rings is 2. The highest BCUT2D eigenvalue weighted by Crippen LogP contribution is 2.51. The van der Waals surface area contributed by atoms with Crippen LogP contribution in [0.3, 0.4) is 0 Å². The Morgan fingerprint density at radius 1 is 1.06 bits per heavy atom. The molecule has 5 heteroatoms. The van der Waals surface area contributed by atoms with Crippen molar-refractivity contribution in [1.29, 1.82) is 0 Å². The van der Waals surface area contributed by atoms with Crippen molar-refractivity contribution in [2.45, 2.75) is 39.7 Å². The second-order valence-electron chi connectivity index (χ2n) is 9.71. The zero-order chi connectivity index (χ0) is 22.8. The van der Waals surface area contributed by atoms with Gasteiger partial charge in [-0.2, -0.15) is 0 Å². The zero-order valence-electron chi connectivity index (χ0n) is 18.3. The molecule has 0 amide bonds. The number of carbonyl (C=O) groups is 1. The van der Waals surface area contributed by atoms with Gasteiger partial charge in [-0.25, -0.2) is 9.18 Å². The van der Waals surface area contributed by atoms with Gasteiger partial charge in [0, 0.05) is 30.4 Å². The number of carboxylic acids is 1. The molecule has 0 fully saturated rings. The van der Waals surface area contributed by atoms with E-state index in [2.05, 4.69) is 26.8 Å². The number of allylic oxidation sites excluding steroid dienone is 2. The summed E-state index contributed by atoms with van der Waals surface area (Å²) in [6, 6.07) is 14.2. The van der Waals surface area contributed by atoms with Crippen LogP contribution in [0.25, 0.3) is 22.3 Å². The molecule has 5 rings (SSSR count). The molecule has 1 N–H and O–H groups in total. The SMILES string of the molecule is CC(C)(C)[C@@H]1CC2=C(Cc3c2cccc3-c2ccc(F)cc2)c2cc(=O)c(C(=O)O)cn21. The lowest BCUT2D eigenvalue weighted by molar-refractivity contribution is 0.0693. The summed E-state index contributed by atoms with van der Waals surface area (Å²) >= 11 is 0. The third-order valence-electron chi connectivity index (χ3n) is 6.73. The molecule has 2 aliphatic rings. The van der Waals surface area contributed by atoms with E-state index in [4.69, 9.17) is 0 Å². The fourth-order valence-electron chi connectivity index (χ4n) is 5.11. The summed E-state index contributed by atoms with van der Waals surface area (Å²) < 4.78 is 15.5. The molecule has 1 aromatic heterocycles. The van der Waals surface area contributed by atoms with E-state index in [0.29, 0.717) is 6.42 Å². The van der Waals surface area contributed by atoms with Gasteiger partial charge in [0.2, 0.25) is 0 Å². The lowest BCUT2D eigenvalue weighted by Crippen LogP contribution is -2.32. The van der Waals surface area contributed by atoms with Crippen molar-refractivity contribution in [2.75, 3.05) is 0 Å². The van der Waals surface area contributed by atoms with Gasteiger partial charge in [-0.05, 0) is 57.4 Å². The fraction of sp³-hybridized carbons (Fsp3) is 0.259. The topological polar surface area (TPSA) is 59.3 Å². The van der Waals surface area contributed by atoms with Crippen molar-refractivity contribution in [2.24, 2.45) is 5.41 Å². The summed E-state index contributed by atoms with van der Waals surface area (Å²) in [4.78, 5) is 24.3. The second-order valence-corrected chi connectivity index (χ2v) is 9.71. The summed E-state index contributed by atoms with van der Waals surface area (Å²) in [6.07, 6.45) is 2.93. The number of halogens is 1. The van der Waals surface area contributed by atoms with Crippen LogP contribution in [-0.4, -0.2) is 15.6 Å². The Kier molecular flexibility index (Phi) is 4.48. The van der Waals surface area contributed by atoms with Crippen LogP contribution < -0.4 is 5.43 Å². The fourth-order valence-corrected chi connectivity index (χ4v) is 5.11. The Morgan fingerprint density at radius 3 is 2.41 bits per heavy atom. The van der Waals surface area contributed by atoms with E-state index in [1.807, 2.05) is 16.7 Å². The molecule has 32 heavy (non-hydrogen) atoms. The van der Waals surface area contributed by atoms with Crippen LogP contribution >= 0.6 is 0 Å². The van der Waals surface area contributed by atoms with Gasteiger partial charge in [-0.15, -0.1) is 0 Å². The summed E-state index contributed by atoms with van der Waals surface area (Å²) in [6.45, 7) is 6.41. The van der Waals surface area contributed by atoms with Crippen molar-refractivity contribution in [3.05, 3.63) is 93.2 Å². The maximum atomic E-state index is 13.5. The van der Waals surface area contributed by atoms with Crippen LogP contribution in [0.5, 0.6) is 0 Å². The zero-order valence-corrected chi connectivity index (χ0v) is 18.3. The van der Waals surface area contributed by atoms with Crippen LogP contribution in [0.15, 0.2) is 59.5 Å². The van der Waals surface area contributed by atoms with E-state index in [1.54, 1.807) is 12.1 Å². The van der Waals surface area contributed by atoms with Crippen LogP contribution in [0.1, 0.15) is 60.4 Å². The van der Waals surface area contributed by atoms with E-state index in [9.17, 15) is 19.1 Å². The molecule has 0 unspecified atom stereocenters.